The maximum absolute atomic E-state index is 13.8. The van der Waals surface area contributed by atoms with E-state index in [1.807, 2.05) is 56.6 Å². The largest absolute Gasteiger partial charge is 0.354 e. The molecule has 258 valence electrons. The minimum atomic E-state index is -0.785. The molecule has 0 bridgehead atoms. The van der Waals surface area contributed by atoms with Crippen LogP contribution in [-0.2, 0) is 33.9 Å². The highest BCUT2D eigenvalue weighted by molar-refractivity contribution is 5.88. The molecule has 3 amide bonds. The monoisotopic (exact) mass is 658 g/mol. The topological polar surface area (TPSA) is 150 Å². The van der Waals surface area contributed by atoms with Gasteiger partial charge in [0.15, 0.2) is 5.82 Å². The molecule has 2 atom stereocenters. The predicted molar refractivity (Wildman–Crippen MR) is 183 cm³/mol. The van der Waals surface area contributed by atoms with Crippen LogP contribution in [0.15, 0.2) is 42.7 Å². The summed E-state index contributed by atoms with van der Waals surface area (Å²) in [5, 5.41) is 13.6. The Morgan fingerprint density at radius 2 is 1.58 bits per heavy atom. The van der Waals surface area contributed by atoms with Crippen LogP contribution in [0.2, 0.25) is 0 Å². The fourth-order valence-electron chi connectivity index (χ4n) is 6.33. The van der Waals surface area contributed by atoms with Crippen molar-refractivity contribution in [3.63, 3.8) is 0 Å². The Bertz CT molecular complexity index is 1490. The van der Waals surface area contributed by atoms with Gasteiger partial charge >= 0.3 is 0 Å². The summed E-state index contributed by atoms with van der Waals surface area (Å²) < 4.78 is 1.57. The quantitative estimate of drug-likeness (QED) is 0.363. The number of amides is 3. The number of benzene rings is 1. The van der Waals surface area contributed by atoms with Gasteiger partial charge in [0.25, 0.3) is 0 Å². The molecule has 2 aromatic heterocycles. The number of nitrogens with zero attached hydrogens (tertiary/aromatic N) is 7. The van der Waals surface area contributed by atoms with Crippen molar-refractivity contribution in [2.75, 3.05) is 37.6 Å². The molecule has 1 aromatic carbocycles. The third-order valence-electron chi connectivity index (χ3n) is 8.86. The number of nitrogens with one attached hydrogen (secondary N) is 3. The van der Waals surface area contributed by atoms with Crippen LogP contribution in [0.25, 0.3) is 0 Å². The van der Waals surface area contributed by atoms with Crippen LogP contribution in [-0.4, -0.2) is 86.1 Å². The van der Waals surface area contributed by atoms with E-state index in [1.54, 1.807) is 11.6 Å². The lowest BCUT2D eigenvalue weighted by Crippen LogP contribution is -2.50. The van der Waals surface area contributed by atoms with E-state index in [1.165, 1.54) is 19.3 Å². The van der Waals surface area contributed by atoms with Crippen LogP contribution >= 0.6 is 0 Å². The van der Waals surface area contributed by atoms with Gasteiger partial charge in [-0.05, 0) is 57.1 Å². The first-order valence-electron chi connectivity index (χ1n) is 17.3. The highest BCUT2D eigenvalue weighted by Crippen LogP contribution is 2.21. The molecule has 2 aliphatic heterocycles. The van der Waals surface area contributed by atoms with Gasteiger partial charge in [-0.1, -0.05) is 44.2 Å². The molecule has 1 saturated heterocycles. The number of carbonyl (C=O) groups excluding carboxylic acids is 3. The van der Waals surface area contributed by atoms with Gasteiger partial charge in [-0.25, -0.2) is 19.6 Å². The maximum Gasteiger partial charge on any atom is 0.243 e. The number of rotatable bonds is 6. The zero-order chi connectivity index (χ0) is 33.9. The highest BCUT2D eigenvalue weighted by atomic mass is 16.2. The number of hydrogen-bond acceptors (Lipinski definition) is 9. The molecule has 0 saturated carbocycles. The van der Waals surface area contributed by atoms with Gasteiger partial charge < -0.3 is 20.9 Å². The summed E-state index contributed by atoms with van der Waals surface area (Å²) in [4.78, 5) is 58.6. The molecule has 3 aromatic rings. The fraction of sp³-hybridized carbons (Fsp3) is 0.571. The minimum Gasteiger partial charge on any atom is -0.354 e. The number of anilines is 1. The molecule has 5 rings (SSSR count). The van der Waals surface area contributed by atoms with Crippen LogP contribution in [0, 0.1) is 12.8 Å². The number of aryl methyl sites for hydroxylation is 1. The van der Waals surface area contributed by atoms with Gasteiger partial charge in [-0.15, -0.1) is 0 Å². The van der Waals surface area contributed by atoms with E-state index in [4.69, 9.17) is 0 Å². The number of piperidine rings is 1. The summed E-state index contributed by atoms with van der Waals surface area (Å²) in [6, 6.07) is 8.37. The molecule has 0 spiro atoms. The zero-order valence-corrected chi connectivity index (χ0v) is 28.5. The van der Waals surface area contributed by atoms with Gasteiger partial charge in [0.2, 0.25) is 23.7 Å². The summed E-state index contributed by atoms with van der Waals surface area (Å²) in [7, 11) is 0. The van der Waals surface area contributed by atoms with Crippen LogP contribution in [0.4, 0.5) is 5.95 Å². The molecule has 48 heavy (non-hydrogen) atoms. The van der Waals surface area contributed by atoms with Gasteiger partial charge in [0, 0.05) is 63.5 Å². The first-order chi connectivity index (χ1) is 23.2. The third kappa shape index (κ3) is 10.1. The highest BCUT2D eigenvalue weighted by Gasteiger charge is 2.30. The second-order valence-electron chi connectivity index (χ2n) is 13.2. The van der Waals surface area contributed by atoms with Gasteiger partial charge in [0.05, 0.1) is 6.04 Å². The summed E-state index contributed by atoms with van der Waals surface area (Å²) in [5.41, 5.74) is 1.94. The molecule has 0 radical (unpaired) electrons. The lowest BCUT2D eigenvalue weighted by atomic mass is 10.0. The van der Waals surface area contributed by atoms with Crippen LogP contribution in [0.1, 0.15) is 81.2 Å². The number of hydrogen-bond donors (Lipinski definition) is 3. The standard InChI is InChI=1S/C35H50N10O3/c1-25(2)32-33-39-26(3)42-45(33)24-31(47)36-15-11-17-43(23-28-21-37-35(38-22-28)44-18-8-5-9-19-44)16-10-14-30(46)40-29(34(48)41-32)20-27-12-6-4-7-13-27/h4,6-7,12-13,21-22,25,29,32H,5,8-11,14-20,23-24H2,1-3H3,(H,36,47)(H,40,46)(H,41,48)/t29-,32+/m1/s1. The Kier molecular flexibility index (Phi) is 12.5. The summed E-state index contributed by atoms with van der Waals surface area (Å²) in [6.07, 6.45) is 9.34. The lowest BCUT2D eigenvalue weighted by molar-refractivity contribution is -0.129. The maximum atomic E-state index is 13.8. The van der Waals surface area contributed by atoms with Crippen LogP contribution < -0.4 is 20.9 Å². The summed E-state index contributed by atoms with van der Waals surface area (Å²) >= 11 is 0. The van der Waals surface area contributed by atoms with Crippen molar-refractivity contribution in [1.82, 2.24) is 45.6 Å². The van der Waals surface area contributed by atoms with E-state index >= 15 is 0 Å². The third-order valence-corrected chi connectivity index (χ3v) is 8.86. The molecular weight excluding hydrogens is 608 g/mol. The average molecular weight is 659 g/mol. The molecule has 0 aliphatic carbocycles. The van der Waals surface area contributed by atoms with E-state index in [2.05, 4.69) is 45.8 Å². The van der Waals surface area contributed by atoms with E-state index in [0.717, 1.165) is 43.1 Å². The SMILES string of the molecule is Cc1nc2n(n1)CC(=O)NCCCN(Cc1cnc(N3CCCCC3)nc1)CCCC(=O)N[C@H](Cc1ccccc1)C(=O)N[C@H]2C(C)C. The Balaban J connectivity index is 1.32. The minimum absolute atomic E-state index is 0.0101. The Hall–Kier alpha value is -4.39. The van der Waals surface area contributed by atoms with Crippen molar-refractivity contribution >= 4 is 23.7 Å². The molecule has 13 nitrogen and oxygen atoms in total. The van der Waals surface area contributed by atoms with Gasteiger partial charge in [-0.3, -0.25) is 19.3 Å². The molecule has 3 N–H and O–H groups in total. The Labute approximate surface area is 283 Å². The van der Waals surface area contributed by atoms with Crippen molar-refractivity contribution < 1.29 is 14.4 Å². The predicted octanol–water partition coefficient (Wildman–Crippen LogP) is 2.71. The second-order valence-corrected chi connectivity index (χ2v) is 13.2. The molecule has 4 heterocycles. The Morgan fingerprint density at radius 1 is 0.854 bits per heavy atom. The van der Waals surface area contributed by atoms with Crippen LogP contribution in [0.5, 0.6) is 0 Å². The van der Waals surface area contributed by atoms with E-state index in [0.29, 0.717) is 44.1 Å². The first kappa shape index (κ1) is 34.9. The van der Waals surface area contributed by atoms with E-state index in [9.17, 15) is 14.4 Å². The summed E-state index contributed by atoms with van der Waals surface area (Å²) in [6.45, 7) is 10.2. The van der Waals surface area contributed by atoms with Crippen molar-refractivity contribution in [2.45, 2.75) is 90.9 Å². The lowest BCUT2D eigenvalue weighted by Gasteiger charge is -2.27. The van der Waals surface area contributed by atoms with Crippen LogP contribution in [0.3, 0.4) is 0 Å². The zero-order valence-electron chi connectivity index (χ0n) is 28.5. The van der Waals surface area contributed by atoms with Crippen molar-refractivity contribution in [3.05, 3.63) is 65.5 Å². The molecular formula is C35H50N10O3. The average Bonchev–Trinajstić information content (AvgIpc) is 3.44. The Morgan fingerprint density at radius 3 is 2.31 bits per heavy atom. The number of aromatic nitrogens is 5. The summed E-state index contributed by atoms with van der Waals surface area (Å²) in [5.74, 6) is 1.11. The fourth-order valence-corrected chi connectivity index (χ4v) is 6.33. The van der Waals surface area contributed by atoms with E-state index in [-0.39, 0.29) is 36.6 Å². The van der Waals surface area contributed by atoms with Crippen molar-refractivity contribution in [1.29, 1.82) is 0 Å². The molecule has 1 fully saturated rings. The second kappa shape index (κ2) is 17.1. The molecule has 13 heteroatoms. The first-order valence-corrected chi connectivity index (χ1v) is 17.3. The van der Waals surface area contributed by atoms with Gasteiger partial charge in [-0.2, -0.15) is 5.10 Å². The van der Waals surface area contributed by atoms with E-state index < -0.39 is 12.1 Å². The molecule has 2 aliphatic rings. The van der Waals surface area contributed by atoms with Crippen molar-refractivity contribution in [3.8, 4) is 0 Å². The van der Waals surface area contributed by atoms with Gasteiger partial charge in [0.1, 0.15) is 18.4 Å². The molecule has 0 unspecified atom stereocenters. The number of fused-ring (bicyclic) bond motifs is 1. The normalized spacial score (nSPS) is 21.1. The smallest absolute Gasteiger partial charge is 0.243 e. The number of carbonyl (C=O) groups is 3. The van der Waals surface area contributed by atoms with Crippen molar-refractivity contribution in [2.24, 2.45) is 5.92 Å².